The van der Waals surface area contributed by atoms with Crippen LogP contribution in [0.1, 0.15) is 12.8 Å². The Kier molecular flexibility index (Phi) is 3.27. The van der Waals surface area contributed by atoms with Gasteiger partial charge in [0.1, 0.15) is 5.75 Å². The smallest absolute Gasteiger partial charge is 0.152 e. The van der Waals surface area contributed by atoms with Gasteiger partial charge in [0.25, 0.3) is 0 Å². The van der Waals surface area contributed by atoms with Crippen molar-refractivity contribution in [2.24, 2.45) is 0 Å². The maximum atomic E-state index is 5.98. The van der Waals surface area contributed by atoms with E-state index in [1.807, 2.05) is 42.5 Å². The molecule has 19 heavy (non-hydrogen) atoms. The summed E-state index contributed by atoms with van der Waals surface area (Å²) in [5, 5.41) is 0. The molecule has 2 N–H and O–H groups in total. The summed E-state index contributed by atoms with van der Waals surface area (Å²) in [5.41, 5.74) is 7.75. The maximum Gasteiger partial charge on any atom is 0.152 e. The van der Waals surface area contributed by atoms with Crippen molar-refractivity contribution in [2.45, 2.75) is 12.8 Å². The lowest BCUT2D eigenvalue weighted by atomic mass is 10.2. The van der Waals surface area contributed by atoms with E-state index in [1.165, 1.54) is 12.8 Å². The van der Waals surface area contributed by atoms with Crippen molar-refractivity contribution in [2.75, 3.05) is 23.7 Å². The maximum absolute atomic E-state index is 5.98. The molecule has 0 bridgehead atoms. The first-order valence-corrected chi connectivity index (χ1v) is 6.70. The zero-order valence-electron chi connectivity index (χ0n) is 10.9. The monoisotopic (exact) mass is 254 g/mol. The first-order valence-electron chi connectivity index (χ1n) is 6.70. The molecule has 1 aliphatic heterocycles. The van der Waals surface area contributed by atoms with E-state index in [0.29, 0.717) is 0 Å². The van der Waals surface area contributed by atoms with E-state index in [1.54, 1.807) is 0 Å². The molecule has 0 aromatic heterocycles. The van der Waals surface area contributed by atoms with Crippen LogP contribution in [0.3, 0.4) is 0 Å². The minimum Gasteiger partial charge on any atom is -0.455 e. The number of hydrogen-bond acceptors (Lipinski definition) is 3. The van der Waals surface area contributed by atoms with Crippen molar-refractivity contribution < 1.29 is 4.74 Å². The third kappa shape index (κ3) is 2.65. The van der Waals surface area contributed by atoms with E-state index >= 15 is 0 Å². The lowest BCUT2D eigenvalue weighted by Gasteiger charge is -2.21. The molecule has 1 fully saturated rings. The molecule has 1 heterocycles. The number of rotatable bonds is 3. The molecule has 0 aliphatic carbocycles. The molecule has 1 aliphatic rings. The molecule has 3 rings (SSSR count). The van der Waals surface area contributed by atoms with Crippen LogP contribution < -0.4 is 15.4 Å². The fourth-order valence-corrected chi connectivity index (χ4v) is 2.45. The van der Waals surface area contributed by atoms with Gasteiger partial charge in [-0.2, -0.15) is 0 Å². The second-order valence-electron chi connectivity index (χ2n) is 4.84. The van der Waals surface area contributed by atoms with Crippen LogP contribution in [0.25, 0.3) is 0 Å². The Morgan fingerprint density at radius 2 is 1.68 bits per heavy atom. The highest BCUT2D eigenvalue weighted by Crippen LogP contribution is 2.35. The third-order valence-corrected chi connectivity index (χ3v) is 3.40. The van der Waals surface area contributed by atoms with Gasteiger partial charge in [0.05, 0.1) is 5.69 Å². The van der Waals surface area contributed by atoms with Crippen molar-refractivity contribution in [1.29, 1.82) is 0 Å². The van der Waals surface area contributed by atoms with Crippen molar-refractivity contribution in [1.82, 2.24) is 0 Å². The molecule has 2 aromatic rings. The average molecular weight is 254 g/mol. The highest BCUT2D eigenvalue weighted by Gasteiger charge is 2.17. The number of ether oxygens (including phenoxy) is 1. The Bertz CT molecular complexity index is 548. The van der Waals surface area contributed by atoms with Crippen LogP contribution in [0.2, 0.25) is 0 Å². The van der Waals surface area contributed by atoms with Crippen molar-refractivity contribution in [3.8, 4) is 11.5 Å². The van der Waals surface area contributed by atoms with Crippen LogP contribution in [0.4, 0.5) is 11.4 Å². The minimum absolute atomic E-state index is 0.730. The van der Waals surface area contributed by atoms with E-state index in [0.717, 1.165) is 36.0 Å². The van der Waals surface area contributed by atoms with Crippen molar-refractivity contribution in [3.63, 3.8) is 0 Å². The standard InChI is InChI=1S/C16H18N2O/c17-13-8-9-15(18-10-4-5-11-18)16(12-13)19-14-6-2-1-3-7-14/h1-3,6-9,12H,4-5,10-11,17H2. The van der Waals surface area contributed by atoms with Gasteiger partial charge in [-0.05, 0) is 37.1 Å². The van der Waals surface area contributed by atoms with Crippen LogP contribution in [0, 0.1) is 0 Å². The number of benzene rings is 2. The number of nitrogens with zero attached hydrogens (tertiary/aromatic N) is 1. The van der Waals surface area contributed by atoms with Crippen LogP contribution in [-0.4, -0.2) is 13.1 Å². The van der Waals surface area contributed by atoms with Gasteiger partial charge in [-0.3, -0.25) is 0 Å². The summed E-state index contributed by atoms with van der Waals surface area (Å²) in [6.07, 6.45) is 2.49. The van der Waals surface area contributed by atoms with Gasteiger partial charge in [-0.25, -0.2) is 0 Å². The van der Waals surface area contributed by atoms with Gasteiger partial charge in [-0.15, -0.1) is 0 Å². The zero-order chi connectivity index (χ0) is 13.1. The molecular formula is C16H18N2O. The van der Waals surface area contributed by atoms with E-state index in [2.05, 4.69) is 11.0 Å². The molecule has 98 valence electrons. The Morgan fingerprint density at radius 1 is 0.947 bits per heavy atom. The molecule has 0 amide bonds. The molecule has 0 saturated carbocycles. The van der Waals surface area contributed by atoms with Gasteiger partial charge in [-0.1, -0.05) is 18.2 Å². The lowest BCUT2D eigenvalue weighted by Crippen LogP contribution is -2.18. The summed E-state index contributed by atoms with van der Waals surface area (Å²) in [5.74, 6) is 1.68. The summed E-state index contributed by atoms with van der Waals surface area (Å²) < 4.78 is 5.98. The predicted molar refractivity (Wildman–Crippen MR) is 78.8 cm³/mol. The predicted octanol–water partition coefficient (Wildman–Crippen LogP) is 3.66. The van der Waals surface area contributed by atoms with E-state index in [9.17, 15) is 0 Å². The van der Waals surface area contributed by atoms with Crippen molar-refractivity contribution in [3.05, 3.63) is 48.5 Å². The number of nitrogen functional groups attached to an aromatic ring is 1. The van der Waals surface area contributed by atoms with E-state index in [-0.39, 0.29) is 0 Å². The Balaban J connectivity index is 1.92. The first kappa shape index (κ1) is 11.9. The molecule has 0 atom stereocenters. The molecule has 3 heteroatoms. The van der Waals surface area contributed by atoms with Crippen LogP contribution in [0.5, 0.6) is 11.5 Å². The first-order chi connectivity index (χ1) is 9.33. The molecule has 0 radical (unpaired) electrons. The lowest BCUT2D eigenvalue weighted by molar-refractivity contribution is 0.482. The molecule has 0 unspecified atom stereocenters. The normalized spacial score (nSPS) is 14.6. The number of anilines is 2. The fourth-order valence-electron chi connectivity index (χ4n) is 2.45. The molecular weight excluding hydrogens is 236 g/mol. The number of nitrogens with two attached hydrogens (primary N) is 1. The van der Waals surface area contributed by atoms with Gasteiger partial charge < -0.3 is 15.4 Å². The van der Waals surface area contributed by atoms with Gasteiger partial charge in [0.15, 0.2) is 5.75 Å². The van der Waals surface area contributed by atoms with Crippen molar-refractivity contribution >= 4 is 11.4 Å². The Hall–Kier alpha value is -2.16. The fraction of sp³-hybridized carbons (Fsp3) is 0.250. The van der Waals surface area contributed by atoms with Crippen LogP contribution in [0.15, 0.2) is 48.5 Å². The van der Waals surface area contributed by atoms with Crippen LogP contribution in [-0.2, 0) is 0 Å². The summed E-state index contributed by atoms with van der Waals surface area (Å²) in [4.78, 5) is 2.36. The molecule has 1 saturated heterocycles. The summed E-state index contributed by atoms with van der Waals surface area (Å²) in [6.45, 7) is 2.18. The van der Waals surface area contributed by atoms with Gasteiger partial charge in [0, 0.05) is 24.8 Å². The van der Waals surface area contributed by atoms with Gasteiger partial charge >= 0.3 is 0 Å². The molecule has 3 nitrogen and oxygen atoms in total. The minimum atomic E-state index is 0.730. The van der Waals surface area contributed by atoms with E-state index < -0.39 is 0 Å². The summed E-state index contributed by atoms with van der Waals surface area (Å²) in [7, 11) is 0. The topological polar surface area (TPSA) is 38.5 Å². The summed E-state index contributed by atoms with van der Waals surface area (Å²) >= 11 is 0. The quantitative estimate of drug-likeness (QED) is 0.849. The third-order valence-electron chi connectivity index (χ3n) is 3.40. The van der Waals surface area contributed by atoms with Gasteiger partial charge in [0.2, 0.25) is 0 Å². The SMILES string of the molecule is Nc1ccc(N2CCCC2)c(Oc2ccccc2)c1. The zero-order valence-corrected chi connectivity index (χ0v) is 10.9. The van der Waals surface area contributed by atoms with E-state index in [4.69, 9.17) is 10.5 Å². The average Bonchev–Trinajstić information content (AvgIpc) is 2.94. The van der Waals surface area contributed by atoms with Crippen LogP contribution >= 0.6 is 0 Å². The summed E-state index contributed by atoms with van der Waals surface area (Å²) in [6, 6.07) is 15.7. The molecule has 2 aromatic carbocycles. The highest BCUT2D eigenvalue weighted by atomic mass is 16.5. The largest absolute Gasteiger partial charge is 0.455 e. The highest BCUT2D eigenvalue weighted by molar-refractivity contribution is 5.65. The number of para-hydroxylation sites is 1. The number of hydrogen-bond donors (Lipinski definition) is 1. The Labute approximate surface area is 113 Å². The molecule has 0 spiro atoms. The Morgan fingerprint density at radius 3 is 2.42 bits per heavy atom. The second-order valence-corrected chi connectivity index (χ2v) is 4.84. The second kappa shape index (κ2) is 5.22.